The van der Waals surface area contributed by atoms with Crippen molar-refractivity contribution in [3.05, 3.63) is 12.2 Å². The summed E-state index contributed by atoms with van der Waals surface area (Å²) in [6.45, 7) is 4.47. The first-order chi connectivity index (χ1) is 11.2. The highest BCUT2D eigenvalue weighted by molar-refractivity contribution is 7.82. The zero-order valence-electron chi connectivity index (χ0n) is 15.3. The Bertz CT molecular complexity index is 324. The maximum absolute atomic E-state index is 11.3. The molecule has 0 amide bonds. The lowest BCUT2D eigenvalue weighted by Crippen LogP contribution is -2.14. The summed E-state index contributed by atoms with van der Waals surface area (Å²) in [6, 6.07) is 0. The van der Waals surface area contributed by atoms with Crippen LogP contribution in [0.25, 0.3) is 0 Å². The van der Waals surface area contributed by atoms with Gasteiger partial charge in [0.05, 0.1) is 6.61 Å². The fourth-order valence-electron chi connectivity index (χ4n) is 2.49. The van der Waals surface area contributed by atoms with Gasteiger partial charge in [-0.25, -0.2) is 4.79 Å². The molecule has 0 radical (unpaired) electrons. The molecule has 0 fully saturated rings. The quantitative estimate of drug-likeness (QED) is 0.138. The van der Waals surface area contributed by atoms with Gasteiger partial charge in [0.2, 0.25) is 0 Å². The third-order valence-electron chi connectivity index (χ3n) is 3.92. The van der Waals surface area contributed by atoms with Crippen molar-refractivity contribution in [1.82, 2.24) is 0 Å². The van der Waals surface area contributed by atoms with E-state index in [1.807, 2.05) is 0 Å². The molecule has 0 aromatic heterocycles. The molecule has 0 aromatic carbocycles. The molecular weight excluding hydrogens is 304 g/mol. The van der Waals surface area contributed by atoms with Crippen LogP contribution in [0.5, 0.6) is 0 Å². The number of carbonyl (C=O) groups excluding carboxylic acids is 1. The lowest BCUT2D eigenvalue weighted by Gasteiger charge is -2.03. The Morgan fingerprint density at radius 3 is 1.91 bits per heavy atom. The molecule has 0 unspecified atom stereocenters. The fourth-order valence-corrected chi connectivity index (χ4v) is 2.70. The maximum atomic E-state index is 11.3. The average Bonchev–Trinajstić information content (AvgIpc) is 2.55. The van der Waals surface area contributed by atoms with Crippen molar-refractivity contribution in [2.24, 2.45) is 0 Å². The molecule has 0 saturated carbocycles. The zero-order valence-corrected chi connectivity index (χ0v) is 16.1. The molecule has 0 rings (SSSR count). The molecule has 0 atom stereocenters. The summed E-state index contributed by atoms with van der Waals surface area (Å²) < 4.78 is 4.88. The van der Waals surface area contributed by atoms with Gasteiger partial charge in [0.15, 0.2) is 0 Å². The van der Waals surface area contributed by atoms with Crippen LogP contribution in [0.4, 0.5) is 0 Å². The molecule has 0 heterocycles. The second-order valence-electron chi connectivity index (χ2n) is 6.12. The highest BCUT2D eigenvalue weighted by Crippen LogP contribution is 2.09. The van der Waals surface area contributed by atoms with Crippen LogP contribution in [0.1, 0.15) is 97.3 Å². The third kappa shape index (κ3) is 16.0. The average molecular weight is 341 g/mol. The summed E-state index contributed by atoms with van der Waals surface area (Å²) in [5, 5.41) is 0. The molecule has 0 aliphatic carbocycles. The number of rotatable bonds is 16. The van der Waals surface area contributed by atoms with Crippen LogP contribution >= 0.6 is 12.2 Å². The lowest BCUT2D eigenvalue weighted by atomic mass is 10.1. The van der Waals surface area contributed by atoms with Crippen LogP contribution in [0.2, 0.25) is 0 Å². The summed E-state index contributed by atoms with van der Waals surface area (Å²) >= 11 is 5.05. The Morgan fingerprint density at radius 1 is 0.826 bits per heavy atom. The van der Waals surface area contributed by atoms with E-state index in [-0.39, 0.29) is 5.97 Å². The number of hydrogen-bond donors (Lipinski definition) is 0. The van der Waals surface area contributed by atoms with Gasteiger partial charge < -0.3 is 4.74 Å². The van der Waals surface area contributed by atoms with Crippen LogP contribution in [0, 0.1) is 0 Å². The standard InChI is InChI=1S/C20H36O2S/c1-3-5-6-7-8-9-10-11-12-13-14-15-16-17-18-19(23)20(21)22-4-2/h11-12H,3-10,13-18H2,1-2H3/b12-11-. The summed E-state index contributed by atoms with van der Waals surface area (Å²) in [5.74, 6) is -0.305. The Kier molecular flexibility index (Phi) is 17.1. The highest BCUT2D eigenvalue weighted by Gasteiger charge is 2.08. The molecule has 0 spiro atoms. The van der Waals surface area contributed by atoms with Gasteiger partial charge in [0.1, 0.15) is 4.86 Å². The minimum atomic E-state index is -0.305. The van der Waals surface area contributed by atoms with Crippen LogP contribution in [-0.4, -0.2) is 17.4 Å². The Labute approximate surface area is 149 Å². The number of hydrogen-bond acceptors (Lipinski definition) is 3. The van der Waals surface area contributed by atoms with E-state index in [9.17, 15) is 4.79 Å². The highest BCUT2D eigenvalue weighted by atomic mass is 32.1. The minimum Gasteiger partial charge on any atom is -0.462 e. The Balaban J connectivity index is 3.28. The summed E-state index contributed by atoms with van der Waals surface area (Å²) in [4.78, 5) is 11.8. The van der Waals surface area contributed by atoms with E-state index < -0.39 is 0 Å². The predicted molar refractivity (Wildman–Crippen MR) is 104 cm³/mol. The van der Waals surface area contributed by atoms with E-state index in [4.69, 9.17) is 17.0 Å². The number of unbranched alkanes of at least 4 members (excludes halogenated alkanes) is 10. The van der Waals surface area contributed by atoms with Gasteiger partial charge >= 0.3 is 5.97 Å². The first-order valence-electron chi connectivity index (χ1n) is 9.57. The van der Waals surface area contributed by atoms with Crippen molar-refractivity contribution in [1.29, 1.82) is 0 Å². The van der Waals surface area contributed by atoms with E-state index in [2.05, 4.69) is 19.1 Å². The van der Waals surface area contributed by atoms with Crippen molar-refractivity contribution < 1.29 is 9.53 Å². The smallest absolute Gasteiger partial charge is 0.344 e. The molecule has 23 heavy (non-hydrogen) atoms. The van der Waals surface area contributed by atoms with Gasteiger partial charge in [-0.05, 0) is 45.4 Å². The van der Waals surface area contributed by atoms with Crippen LogP contribution in [-0.2, 0) is 9.53 Å². The Hall–Kier alpha value is -0.700. The normalized spacial score (nSPS) is 11.0. The number of thiocarbonyl (C=S) groups is 1. The molecule has 0 aliphatic heterocycles. The van der Waals surface area contributed by atoms with Crippen molar-refractivity contribution in [3.63, 3.8) is 0 Å². The molecule has 3 heteroatoms. The molecule has 0 bridgehead atoms. The predicted octanol–water partition coefficient (Wildman–Crippen LogP) is 6.57. The van der Waals surface area contributed by atoms with Crippen LogP contribution < -0.4 is 0 Å². The molecular formula is C20H36O2S. The SMILES string of the molecule is CCCCCCCC/C=C\CCCCCCC(=S)C(=O)OCC. The second kappa shape index (κ2) is 17.7. The Morgan fingerprint density at radius 2 is 1.35 bits per heavy atom. The van der Waals surface area contributed by atoms with E-state index in [0.29, 0.717) is 17.9 Å². The molecule has 0 saturated heterocycles. The molecule has 0 aromatic rings. The molecule has 0 N–H and O–H groups in total. The van der Waals surface area contributed by atoms with Crippen molar-refractivity contribution in [3.8, 4) is 0 Å². The van der Waals surface area contributed by atoms with E-state index in [1.54, 1.807) is 6.92 Å². The van der Waals surface area contributed by atoms with E-state index >= 15 is 0 Å². The fraction of sp³-hybridized carbons (Fsp3) is 0.800. The van der Waals surface area contributed by atoms with Crippen molar-refractivity contribution >= 4 is 23.1 Å². The number of esters is 1. The topological polar surface area (TPSA) is 26.3 Å². The summed E-state index contributed by atoms with van der Waals surface area (Å²) in [5.41, 5.74) is 0. The zero-order chi connectivity index (χ0) is 17.2. The van der Waals surface area contributed by atoms with Gasteiger partial charge in [0, 0.05) is 0 Å². The second-order valence-corrected chi connectivity index (χ2v) is 6.62. The molecule has 134 valence electrons. The summed E-state index contributed by atoms with van der Waals surface area (Å²) in [6.07, 6.45) is 20.6. The first-order valence-corrected chi connectivity index (χ1v) is 9.98. The van der Waals surface area contributed by atoms with Crippen LogP contribution in [0.3, 0.4) is 0 Å². The van der Waals surface area contributed by atoms with Gasteiger partial charge in [-0.15, -0.1) is 0 Å². The van der Waals surface area contributed by atoms with Crippen LogP contribution in [0.15, 0.2) is 12.2 Å². The van der Waals surface area contributed by atoms with Crippen molar-refractivity contribution in [2.75, 3.05) is 6.61 Å². The van der Waals surface area contributed by atoms with Gasteiger partial charge in [0.25, 0.3) is 0 Å². The monoisotopic (exact) mass is 340 g/mol. The number of carbonyl (C=O) groups is 1. The summed E-state index contributed by atoms with van der Waals surface area (Å²) in [7, 11) is 0. The molecule has 0 aliphatic rings. The van der Waals surface area contributed by atoms with E-state index in [1.165, 1.54) is 64.2 Å². The molecule has 2 nitrogen and oxygen atoms in total. The first kappa shape index (κ1) is 22.3. The number of ether oxygens (including phenoxy) is 1. The number of allylic oxidation sites excluding steroid dienone is 2. The van der Waals surface area contributed by atoms with E-state index in [0.717, 1.165) is 12.8 Å². The van der Waals surface area contributed by atoms with Gasteiger partial charge in [-0.3, -0.25) is 0 Å². The lowest BCUT2D eigenvalue weighted by molar-refractivity contribution is -0.134. The third-order valence-corrected chi connectivity index (χ3v) is 4.29. The maximum Gasteiger partial charge on any atom is 0.344 e. The minimum absolute atomic E-state index is 0.305. The van der Waals surface area contributed by atoms with Crippen molar-refractivity contribution in [2.45, 2.75) is 97.3 Å². The largest absolute Gasteiger partial charge is 0.462 e. The van der Waals surface area contributed by atoms with Gasteiger partial charge in [-0.1, -0.05) is 76.2 Å². The van der Waals surface area contributed by atoms with Gasteiger partial charge in [-0.2, -0.15) is 0 Å².